The molecule has 0 spiro atoms. The Morgan fingerprint density at radius 1 is 1.16 bits per heavy atom. The van der Waals surface area contributed by atoms with Gasteiger partial charge in [0.2, 0.25) is 15.9 Å². The Morgan fingerprint density at radius 3 is 2.61 bits per heavy atom. The van der Waals surface area contributed by atoms with E-state index >= 15 is 0 Å². The number of aliphatic hydroxyl groups is 1. The average molecular weight is 448 g/mol. The number of fused-ring (bicyclic) bond motifs is 1. The molecule has 0 saturated heterocycles. The van der Waals surface area contributed by atoms with E-state index in [9.17, 15) is 22.3 Å². The maximum Gasteiger partial charge on any atom is 0.314 e. The van der Waals surface area contributed by atoms with Crippen molar-refractivity contribution < 1.29 is 26.7 Å². The Balaban J connectivity index is 1.50. The largest absolute Gasteiger partial charge is 0.415 e. The van der Waals surface area contributed by atoms with Crippen LogP contribution in [0.4, 0.5) is 8.78 Å². The van der Waals surface area contributed by atoms with Crippen LogP contribution in [-0.4, -0.2) is 39.1 Å². The fourth-order valence-electron chi connectivity index (χ4n) is 3.96. The molecular formula is C20H18F2N4O4S. The van der Waals surface area contributed by atoms with Gasteiger partial charge in [-0.3, -0.25) is 4.98 Å². The van der Waals surface area contributed by atoms with Crippen molar-refractivity contribution in [2.24, 2.45) is 5.92 Å². The maximum atomic E-state index is 13.4. The molecule has 2 unspecified atom stereocenters. The van der Waals surface area contributed by atoms with Gasteiger partial charge in [-0.15, -0.1) is 10.2 Å². The van der Waals surface area contributed by atoms with Crippen molar-refractivity contribution in [3.05, 3.63) is 59.7 Å². The van der Waals surface area contributed by atoms with E-state index in [4.69, 9.17) is 4.42 Å². The molecule has 2 aliphatic rings. The van der Waals surface area contributed by atoms with Gasteiger partial charge in [0.15, 0.2) is 0 Å². The molecule has 5 rings (SSSR count). The number of alkyl halides is 2. The van der Waals surface area contributed by atoms with Crippen LogP contribution >= 0.6 is 0 Å². The van der Waals surface area contributed by atoms with Crippen LogP contribution in [0.2, 0.25) is 0 Å². The van der Waals surface area contributed by atoms with Gasteiger partial charge in [0, 0.05) is 18.3 Å². The summed E-state index contributed by atoms with van der Waals surface area (Å²) in [6, 6.07) is 9.00. The standard InChI is InChI=1S/C20H18F2N4O4S/c21-18(22)20-25-24-19(30-20)12-6-7-13-10-26(31(28,29)15(13)9-12)16(11-4-5-11)17(27)14-3-1-2-8-23-14/h1-3,6-9,11,16-18,27H,4-5,10H2. The van der Waals surface area contributed by atoms with Crippen molar-refractivity contribution in [3.8, 4) is 11.5 Å². The fraction of sp³-hybridized carbons (Fsp3) is 0.350. The first-order chi connectivity index (χ1) is 14.9. The van der Waals surface area contributed by atoms with Gasteiger partial charge in [-0.2, -0.15) is 13.1 Å². The van der Waals surface area contributed by atoms with Crippen molar-refractivity contribution in [1.82, 2.24) is 19.5 Å². The fourth-order valence-corrected chi connectivity index (χ4v) is 5.87. The predicted molar refractivity (Wildman–Crippen MR) is 103 cm³/mol. The van der Waals surface area contributed by atoms with E-state index in [1.54, 1.807) is 36.5 Å². The number of halogens is 2. The van der Waals surface area contributed by atoms with Crippen LogP contribution in [0.25, 0.3) is 11.5 Å². The summed E-state index contributed by atoms with van der Waals surface area (Å²) in [5.74, 6) is -0.976. The lowest BCUT2D eigenvalue weighted by Crippen LogP contribution is -2.41. The molecule has 162 valence electrons. The van der Waals surface area contributed by atoms with Gasteiger partial charge < -0.3 is 9.52 Å². The van der Waals surface area contributed by atoms with Crippen molar-refractivity contribution in [2.75, 3.05) is 0 Å². The molecule has 0 amide bonds. The van der Waals surface area contributed by atoms with E-state index < -0.39 is 34.5 Å². The van der Waals surface area contributed by atoms with Crippen LogP contribution < -0.4 is 0 Å². The summed E-state index contributed by atoms with van der Waals surface area (Å²) in [5.41, 5.74) is 1.20. The van der Waals surface area contributed by atoms with E-state index in [2.05, 4.69) is 15.2 Å². The molecule has 31 heavy (non-hydrogen) atoms. The van der Waals surface area contributed by atoms with Crippen LogP contribution in [0.3, 0.4) is 0 Å². The zero-order valence-corrected chi connectivity index (χ0v) is 16.9. The number of hydrogen-bond donors (Lipinski definition) is 1. The molecule has 2 aromatic heterocycles. The summed E-state index contributed by atoms with van der Waals surface area (Å²) in [7, 11) is -3.94. The molecule has 3 aromatic rings. The first-order valence-electron chi connectivity index (χ1n) is 9.72. The third-order valence-electron chi connectivity index (χ3n) is 5.61. The summed E-state index contributed by atoms with van der Waals surface area (Å²) >= 11 is 0. The van der Waals surface area contributed by atoms with Crippen LogP contribution in [0, 0.1) is 5.92 Å². The van der Waals surface area contributed by atoms with Gasteiger partial charge >= 0.3 is 6.43 Å². The second-order valence-electron chi connectivity index (χ2n) is 7.65. The Labute approximate surface area is 176 Å². The molecule has 0 radical (unpaired) electrons. The van der Waals surface area contributed by atoms with Crippen molar-refractivity contribution in [1.29, 1.82) is 0 Å². The summed E-state index contributed by atoms with van der Waals surface area (Å²) in [6.45, 7) is 0.106. The Morgan fingerprint density at radius 2 is 1.97 bits per heavy atom. The summed E-state index contributed by atoms with van der Waals surface area (Å²) in [5, 5.41) is 17.9. The molecule has 1 saturated carbocycles. The van der Waals surface area contributed by atoms with E-state index in [0.717, 1.165) is 12.8 Å². The minimum atomic E-state index is -3.94. The molecule has 8 nitrogen and oxygen atoms in total. The third kappa shape index (κ3) is 3.52. The predicted octanol–water partition coefficient (Wildman–Crippen LogP) is 3.09. The van der Waals surface area contributed by atoms with E-state index in [1.165, 1.54) is 10.4 Å². The number of rotatable bonds is 6. The summed E-state index contributed by atoms with van der Waals surface area (Å²) in [6.07, 6.45) is -0.787. The number of sulfonamides is 1. The maximum absolute atomic E-state index is 13.4. The van der Waals surface area contributed by atoms with Gasteiger partial charge in [0.05, 0.1) is 16.6 Å². The number of nitrogens with zero attached hydrogens (tertiary/aromatic N) is 4. The minimum Gasteiger partial charge on any atom is -0.415 e. The Bertz CT molecular complexity index is 1210. The van der Waals surface area contributed by atoms with Crippen LogP contribution in [-0.2, 0) is 16.6 Å². The molecule has 0 bridgehead atoms. The summed E-state index contributed by atoms with van der Waals surface area (Å²) in [4.78, 5) is 4.23. The topological polar surface area (TPSA) is 109 Å². The molecule has 1 fully saturated rings. The smallest absolute Gasteiger partial charge is 0.314 e. The lowest BCUT2D eigenvalue weighted by atomic mass is 10.0. The molecule has 1 N–H and O–H groups in total. The van der Waals surface area contributed by atoms with Crippen LogP contribution in [0.15, 0.2) is 51.9 Å². The average Bonchev–Trinajstić information content (AvgIpc) is 3.40. The second-order valence-corrected chi connectivity index (χ2v) is 9.51. The summed E-state index contributed by atoms with van der Waals surface area (Å²) < 4.78 is 58.6. The zero-order valence-electron chi connectivity index (χ0n) is 16.1. The molecule has 3 heterocycles. The highest BCUT2D eigenvalue weighted by Gasteiger charge is 2.49. The van der Waals surface area contributed by atoms with E-state index in [-0.39, 0.29) is 28.8 Å². The normalized spacial score (nSPS) is 20.0. The highest BCUT2D eigenvalue weighted by atomic mass is 32.2. The highest BCUT2D eigenvalue weighted by molar-refractivity contribution is 7.89. The number of aliphatic hydroxyl groups excluding tert-OH is 1. The van der Waals surface area contributed by atoms with Gasteiger partial charge in [0.25, 0.3) is 5.89 Å². The lowest BCUT2D eigenvalue weighted by Gasteiger charge is -2.30. The molecule has 2 atom stereocenters. The van der Waals surface area contributed by atoms with Crippen molar-refractivity contribution in [2.45, 2.75) is 42.9 Å². The molecule has 1 aromatic carbocycles. The third-order valence-corrected chi connectivity index (χ3v) is 7.53. The first kappa shape index (κ1) is 20.2. The molecular weight excluding hydrogens is 430 g/mol. The molecule has 1 aliphatic carbocycles. The number of pyridine rings is 1. The number of hydrogen-bond acceptors (Lipinski definition) is 7. The monoisotopic (exact) mass is 448 g/mol. The van der Waals surface area contributed by atoms with Crippen molar-refractivity contribution in [3.63, 3.8) is 0 Å². The highest BCUT2D eigenvalue weighted by Crippen LogP contribution is 2.46. The molecule has 1 aliphatic heterocycles. The lowest BCUT2D eigenvalue weighted by molar-refractivity contribution is 0.0730. The molecule has 11 heteroatoms. The van der Waals surface area contributed by atoms with E-state index in [0.29, 0.717) is 11.3 Å². The van der Waals surface area contributed by atoms with Crippen molar-refractivity contribution >= 4 is 10.0 Å². The second kappa shape index (κ2) is 7.43. The Kier molecular flexibility index (Phi) is 4.83. The van der Waals surface area contributed by atoms with Gasteiger partial charge in [0.1, 0.15) is 6.10 Å². The number of benzene rings is 1. The number of aromatic nitrogens is 3. The Hall–Kier alpha value is -2.76. The van der Waals surface area contributed by atoms with Gasteiger partial charge in [-0.25, -0.2) is 8.42 Å². The van der Waals surface area contributed by atoms with Crippen LogP contribution in [0.1, 0.15) is 42.5 Å². The van der Waals surface area contributed by atoms with Gasteiger partial charge in [-0.05, 0) is 48.6 Å². The first-order valence-corrected chi connectivity index (χ1v) is 11.2. The quantitative estimate of drug-likeness (QED) is 0.617. The SMILES string of the molecule is O=S1(=O)c2cc(-c3nnc(C(F)F)o3)ccc2CN1C(C1CC1)C(O)c1ccccn1. The van der Waals surface area contributed by atoms with E-state index in [1.807, 2.05) is 0 Å². The minimum absolute atomic E-state index is 0.0325. The zero-order chi connectivity index (χ0) is 21.8. The van der Waals surface area contributed by atoms with Crippen LogP contribution in [0.5, 0.6) is 0 Å². The van der Waals surface area contributed by atoms with Gasteiger partial charge in [-0.1, -0.05) is 12.1 Å².